The summed E-state index contributed by atoms with van der Waals surface area (Å²) in [4.78, 5) is 11.8. The molecule has 2 aromatic carbocycles. The molecule has 0 radical (unpaired) electrons. The van der Waals surface area contributed by atoms with Crippen molar-refractivity contribution in [1.29, 1.82) is 0 Å². The predicted molar refractivity (Wildman–Crippen MR) is 84.9 cm³/mol. The van der Waals surface area contributed by atoms with Crippen LogP contribution in [0.2, 0.25) is 5.02 Å². The Bertz CT molecular complexity index is 647. The first-order chi connectivity index (χ1) is 10.6. The Balaban J connectivity index is 1.85. The fourth-order valence-electron chi connectivity index (χ4n) is 1.81. The van der Waals surface area contributed by atoms with E-state index in [0.717, 1.165) is 5.75 Å². The summed E-state index contributed by atoms with van der Waals surface area (Å²) in [5.41, 5.74) is 1.37. The molecule has 6 heteroatoms. The molecular weight excluding hydrogens is 307 g/mol. The maximum absolute atomic E-state index is 13.0. The summed E-state index contributed by atoms with van der Waals surface area (Å²) in [6.07, 6.45) is 0. The first-order valence-electron chi connectivity index (χ1n) is 6.80. The molecule has 0 aliphatic rings. The molecule has 2 N–H and O–H groups in total. The second kappa shape index (κ2) is 7.66. The highest BCUT2D eigenvalue weighted by atomic mass is 35.5. The van der Waals surface area contributed by atoms with E-state index in [1.807, 2.05) is 6.92 Å². The molecular formula is C16H16ClFN2O2. The maximum atomic E-state index is 13.0. The molecule has 116 valence electrons. The van der Waals surface area contributed by atoms with Gasteiger partial charge in [0.25, 0.3) is 0 Å². The summed E-state index contributed by atoms with van der Waals surface area (Å²) < 4.78 is 18.4. The molecule has 2 amide bonds. The zero-order chi connectivity index (χ0) is 15.9. The van der Waals surface area contributed by atoms with Crippen LogP contribution in [-0.2, 0) is 6.54 Å². The summed E-state index contributed by atoms with van der Waals surface area (Å²) in [7, 11) is 0. The van der Waals surface area contributed by atoms with E-state index in [-0.39, 0.29) is 17.6 Å². The van der Waals surface area contributed by atoms with Crippen LogP contribution < -0.4 is 15.4 Å². The van der Waals surface area contributed by atoms with E-state index in [1.54, 1.807) is 30.3 Å². The van der Waals surface area contributed by atoms with Gasteiger partial charge in [-0.05, 0) is 48.9 Å². The van der Waals surface area contributed by atoms with Crippen molar-refractivity contribution in [3.8, 4) is 5.75 Å². The van der Waals surface area contributed by atoms with Crippen LogP contribution in [0.15, 0.2) is 42.5 Å². The van der Waals surface area contributed by atoms with Crippen molar-refractivity contribution in [2.45, 2.75) is 13.5 Å². The van der Waals surface area contributed by atoms with Gasteiger partial charge in [-0.3, -0.25) is 0 Å². The normalized spacial score (nSPS) is 10.1. The number of nitrogens with one attached hydrogen (secondary N) is 2. The number of amides is 2. The minimum atomic E-state index is -0.482. The van der Waals surface area contributed by atoms with Crippen molar-refractivity contribution in [3.05, 3.63) is 58.9 Å². The molecule has 2 aromatic rings. The molecule has 0 spiro atoms. The lowest BCUT2D eigenvalue weighted by molar-refractivity contribution is 0.251. The van der Waals surface area contributed by atoms with Crippen LogP contribution in [0.25, 0.3) is 0 Å². The van der Waals surface area contributed by atoms with Crippen LogP contribution in [0.4, 0.5) is 14.9 Å². The van der Waals surface area contributed by atoms with Gasteiger partial charge in [0.05, 0.1) is 11.6 Å². The summed E-state index contributed by atoms with van der Waals surface area (Å²) in [5.74, 6) is 0.263. The van der Waals surface area contributed by atoms with E-state index in [2.05, 4.69) is 10.6 Å². The standard InChI is InChI=1S/C16H16ClFN2O2/c1-2-22-13-6-4-12(5-7-13)20-16(21)19-10-11-3-8-15(18)14(17)9-11/h3-9H,2,10H2,1H3,(H2,19,20,21). The van der Waals surface area contributed by atoms with E-state index < -0.39 is 5.82 Å². The second-order valence-corrected chi connectivity index (χ2v) is 4.92. The Labute approximate surface area is 133 Å². The van der Waals surface area contributed by atoms with Crippen LogP contribution in [-0.4, -0.2) is 12.6 Å². The highest BCUT2D eigenvalue weighted by Gasteiger charge is 2.04. The molecule has 0 aliphatic heterocycles. The lowest BCUT2D eigenvalue weighted by Crippen LogP contribution is -2.28. The summed E-state index contributed by atoms with van der Waals surface area (Å²) in [5, 5.41) is 5.40. The number of rotatable bonds is 5. The van der Waals surface area contributed by atoms with Gasteiger partial charge in [-0.25, -0.2) is 9.18 Å². The molecule has 0 heterocycles. The molecule has 0 atom stereocenters. The minimum Gasteiger partial charge on any atom is -0.494 e. The molecule has 2 rings (SSSR count). The number of urea groups is 1. The van der Waals surface area contributed by atoms with Crippen molar-refractivity contribution in [2.75, 3.05) is 11.9 Å². The van der Waals surface area contributed by atoms with E-state index in [4.69, 9.17) is 16.3 Å². The average Bonchev–Trinajstić information content (AvgIpc) is 2.51. The van der Waals surface area contributed by atoms with Gasteiger partial charge in [-0.1, -0.05) is 17.7 Å². The molecule has 0 aromatic heterocycles. The molecule has 0 fully saturated rings. The number of anilines is 1. The number of halogens is 2. The number of hydrogen-bond donors (Lipinski definition) is 2. The first-order valence-corrected chi connectivity index (χ1v) is 7.18. The SMILES string of the molecule is CCOc1ccc(NC(=O)NCc2ccc(F)c(Cl)c2)cc1. The van der Waals surface area contributed by atoms with Gasteiger partial charge in [0, 0.05) is 12.2 Å². The largest absolute Gasteiger partial charge is 0.494 e. The van der Waals surface area contributed by atoms with Gasteiger partial charge in [0.15, 0.2) is 0 Å². The Kier molecular flexibility index (Phi) is 5.61. The van der Waals surface area contributed by atoms with Gasteiger partial charge < -0.3 is 15.4 Å². The third kappa shape index (κ3) is 4.63. The zero-order valence-electron chi connectivity index (χ0n) is 12.0. The van der Waals surface area contributed by atoms with Crippen LogP contribution >= 0.6 is 11.6 Å². The maximum Gasteiger partial charge on any atom is 0.319 e. The lowest BCUT2D eigenvalue weighted by Gasteiger charge is -2.09. The quantitative estimate of drug-likeness (QED) is 0.866. The number of benzene rings is 2. The summed E-state index contributed by atoms with van der Waals surface area (Å²) in [6, 6.07) is 11.0. The number of ether oxygens (including phenoxy) is 1. The molecule has 0 bridgehead atoms. The number of carbonyl (C=O) groups excluding carboxylic acids is 1. The molecule has 4 nitrogen and oxygen atoms in total. The average molecular weight is 323 g/mol. The fraction of sp³-hybridized carbons (Fsp3) is 0.188. The minimum absolute atomic E-state index is 0.0335. The van der Waals surface area contributed by atoms with Crippen molar-refractivity contribution >= 4 is 23.3 Å². The van der Waals surface area contributed by atoms with E-state index in [9.17, 15) is 9.18 Å². The summed E-state index contributed by atoms with van der Waals surface area (Å²) >= 11 is 5.68. The third-order valence-electron chi connectivity index (χ3n) is 2.86. The van der Waals surface area contributed by atoms with Crippen molar-refractivity contribution in [1.82, 2.24) is 5.32 Å². The van der Waals surface area contributed by atoms with Gasteiger partial charge in [-0.15, -0.1) is 0 Å². The van der Waals surface area contributed by atoms with E-state index in [1.165, 1.54) is 12.1 Å². The Morgan fingerprint density at radius 2 is 1.95 bits per heavy atom. The smallest absolute Gasteiger partial charge is 0.319 e. The van der Waals surface area contributed by atoms with Gasteiger partial charge >= 0.3 is 6.03 Å². The molecule has 0 unspecified atom stereocenters. The Morgan fingerprint density at radius 3 is 2.59 bits per heavy atom. The highest BCUT2D eigenvalue weighted by molar-refractivity contribution is 6.30. The Hall–Kier alpha value is -2.27. The molecule has 22 heavy (non-hydrogen) atoms. The van der Waals surface area contributed by atoms with Crippen molar-refractivity contribution < 1.29 is 13.9 Å². The molecule has 0 saturated carbocycles. The molecule has 0 saturated heterocycles. The summed E-state index contributed by atoms with van der Waals surface area (Å²) in [6.45, 7) is 2.75. The predicted octanol–water partition coefficient (Wildman–Crippen LogP) is 4.20. The van der Waals surface area contributed by atoms with Gasteiger partial charge in [-0.2, -0.15) is 0 Å². The molecule has 0 aliphatic carbocycles. The first kappa shape index (κ1) is 16.1. The van der Waals surface area contributed by atoms with Gasteiger partial charge in [0.1, 0.15) is 11.6 Å². The van der Waals surface area contributed by atoms with E-state index in [0.29, 0.717) is 17.9 Å². The highest BCUT2D eigenvalue weighted by Crippen LogP contribution is 2.17. The number of carbonyl (C=O) groups is 1. The second-order valence-electron chi connectivity index (χ2n) is 4.51. The third-order valence-corrected chi connectivity index (χ3v) is 3.15. The Morgan fingerprint density at radius 1 is 1.23 bits per heavy atom. The van der Waals surface area contributed by atoms with Crippen LogP contribution in [0.1, 0.15) is 12.5 Å². The monoisotopic (exact) mass is 322 g/mol. The van der Waals surface area contributed by atoms with Crippen LogP contribution in [0, 0.1) is 5.82 Å². The van der Waals surface area contributed by atoms with E-state index >= 15 is 0 Å². The van der Waals surface area contributed by atoms with Crippen molar-refractivity contribution in [3.63, 3.8) is 0 Å². The van der Waals surface area contributed by atoms with Crippen LogP contribution in [0.3, 0.4) is 0 Å². The fourth-order valence-corrected chi connectivity index (χ4v) is 2.01. The topological polar surface area (TPSA) is 50.4 Å². The van der Waals surface area contributed by atoms with Gasteiger partial charge in [0.2, 0.25) is 0 Å². The van der Waals surface area contributed by atoms with Crippen LogP contribution in [0.5, 0.6) is 5.75 Å². The number of hydrogen-bond acceptors (Lipinski definition) is 2. The van der Waals surface area contributed by atoms with Crippen molar-refractivity contribution in [2.24, 2.45) is 0 Å². The lowest BCUT2D eigenvalue weighted by atomic mass is 10.2. The zero-order valence-corrected chi connectivity index (χ0v) is 12.8.